The second-order valence-corrected chi connectivity index (χ2v) is 5.15. The summed E-state index contributed by atoms with van der Waals surface area (Å²) in [6.07, 6.45) is 0. The predicted octanol–water partition coefficient (Wildman–Crippen LogP) is 2.66. The Morgan fingerprint density at radius 2 is 2.05 bits per heavy atom. The first kappa shape index (κ1) is 14.3. The van der Waals surface area contributed by atoms with Gasteiger partial charge in [0.2, 0.25) is 0 Å². The van der Waals surface area contributed by atoms with E-state index in [0.717, 1.165) is 38.4 Å². The van der Waals surface area contributed by atoms with Crippen LogP contribution >= 0.6 is 0 Å². The molecule has 1 heterocycles. The Kier molecular flexibility index (Phi) is 5.16. The van der Waals surface area contributed by atoms with E-state index in [4.69, 9.17) is 9.47 Å². The zero-order valence-electron chi connectivity index (χ0n) is 11.7. The number of hydrogen-bond donors (Lipinski definition) is 0. The van der Waals surface area contributed by atoms with Gasteiger partial charge >= 0.3 is 0 Å². The van der Waals surface area contributed by atoms with Crippen molar-refractivity contribution in [2.45, 2.75) is 19.8 Å². The standard InChI is InChI=1S/C15H22FNO2/c1-12(2)13-3-4-15(14(16)11-13)19-10-7-17-5-8-18-9-6-17/h3-4,11-12H,5-10H2,1-2H3. The number of hydrogen-bond acceptors (Lipinski definition) is 3. The molecule has 0 amide bonds. The van der Waals surface area contributed by atoms with E-state index in [1.807, 2.05) is 19.9 Å². The van der Waals surface area contributed by atoms with E-state index in [2.05, 4.69) is 4.90 Å². The molecule has 1 fully saturated rings. The number of ether oxygens (including phenoxy) is 2. The average Bonchev–Trinajstić information content (AvgIpc) is 2.41. The maximum Gasteiger partial charge on any atom is 0.165 e. The summed E-state index contributed by atoms with van der Waals surface area (Å²) in [5.41, 5.74) is 0.998. The molecule has 0 radical (unpaired) electrons. The van der Waals surface area contributed by atoms with Gasteiger partial charge in [-0.15, -0.1) is 0 Å². The summed E-state index contributed by atoms with van der Waals surface area (Å²) in [6, 6.07) is 5.22. The van der Waals surface area contributed by atoms with Crippen LogP contribution in [0, 0.1) is 5.82 Å². The largest absolute Gasteiger partial charge is 0.489 e. The van der Waals surface area contributed by atoms with Crippen LogP contribution in [0.1, 0.15) is 25.3 Å². The minimum atomic E-state index is -0.270. The van der Waals surface area contributed by atoms with E-state index < -0.39 is 0 Å². The van der Waals surface area contributed by atoms with Crippen molar-refractivity contribution in [3.63, 3.8) is 0 Å². The van der Waals surface area contributed by atoms with Gasteiger partial charge in [0.05, 0.1) is 13.2 Å². The van der Waals surface area contributed by atoms with E-state index >= 15 is 0 Å². The number of halogens is 1. The van der Waals surface area contributed by atoms with Crippen molar-refractivity contribution in [3.05, 3.63) is 29.6 Å². The molecule has 0 unspecified atom stereocenters. The lowest BCUT2D eigenvalue weighted by molar-refractivity contribution is 0.0320. The van der Waals surface area contributed by atoms with Gasteiger partial charge in [0.15, 0.2) is 11.6 Å². The normalized spacial score (nSPS) is 16.8. The van der Waals surface area contributed by atoms with Crippen LogP contribution in [0.3, 0.4) is 0 Å². The number of benzene rings is 1. The van der Waals surface area contributed by atoms with Crippen molar-refractivity contribution >= 4 is 0 Å². The van der Waals surface area contributed by atoms with Gasteiger partial charge in [-0.3, -0.25) is 4.90 Å². The van der Waals surface area contributed by atoms with Crippen LogP contribution in [0.15, 0.2) is 18.2 Å². The van der Waals surface area contributed by atoms with Crippen LogP contribution in [0.4, 0.5) is 4.39 Å². The summed E-state index contributed by atoms with van der Waals surface area (Å²) >= 11 is 0. The SMILES string of the molecule is CC(C)c1ccc(OCCN2CCOCC2)c(F)c1. The lowest BCUT2D eigenvalue weighted by atomic mass is 10.0. The fourth-order valence-electron chi connectivity index (χ4n) is 2.10. The van der Waals surface area contributed by atoms with Crippen LogP contribution in [-0.2, 0) is 4.74 Å². The molecule has 0 atom stereocenters. The number of nitrogens with zero attached hydrogens (tertiary/aromatic N) is 1. The Balaban J connectivity index is 1.82. The molecular formula is C15H22FNO2. The zero-order valence-corrected chi connectivity index (χ0v) is 11.7. The van der Waals surface area contributed by atoms with Gasteiger partial charge in [0, 0.05) is 19.6 Å². The van der Waals surface area contributed by atoms with Crippen molar-refractivity contribution < 1.29 is 13.9 Å². The van der Waals surface area contributed by atoms with Gasteiger partial charge in [-0.25, -0.2) is 4.39 Å². The van der Waals surface area contributed by atoms with Crippen LogP contribution in [0.5, 0.6) is 5.75 Å². The van der Waals surface area contributed by atoms with Gasteiger partial charge in [0.25, 0.3) is 0 Å². The fraction of sp³-hybridized carbons (Fsp3) is 0.600. The highest BCUT2D eigenvalue weighted by Crippen LogP contribution is 2.22. The Morgan fingerprint density at radius 3 is 2.68 bits per heavy atom. The number of morpholine rings is 1. The summed E-state index contributed by atoms with van der Waals surface area (Å²) in [6.45, 7) is 8.83. The third-order valence-corrected chi connectivity index (χ3v) is 3.39. The zero-order chi connectivity index (χ0) is 13.7. The van der Waals surface area contributed by atoms with E-state index in [1.54, 1.807) is 12.1 Å². The quantitative estimate of drug-likeness (QED) is 0.818. The molecule has 0 spiro atoms. The van der Waals surface area contributed by atoms with Crippen LogP contribution in [-0.4, -0.2) is 44.4 Å². The van der Waals surface area contributed by atoms with Crippen molar-refractivity contribution in [1.29, 1.82) is 0 Å². The van der Waals surface area contributed by atoms with E-state index in [9.17, 15) is 4.39 Å². The first-order chi connectivity index (χ1) is 9.16. The third kappa shape index (κ3) is 4.18. The van der Waals surface area contributed by atoms with E-state index in [0.29, 0.717) is 18.3 Å². The second kappa shape index (κ2) is 6.87. The van der Waals surface area contributed by atoms with Crippen molar-refractivity contribution in [3.8, 4) is 5.75 Å². The molecule has 19 heavy (non-hydrogen) atoms. The fourth-order valence-corrected chi connectivity index (χ4v) is 2.10. The van der Waals surface area contributed by atoms with Gasteiger partial charge in [-0.05, 0) is 23.6 Å². The smallest absolute Gasteiger partial charge is 0.165 e. The lowest BCUT2D eigenvalue weighted by Gasteiger charge is -2.26. The lowest BCUT2D eigenvalue weighted by Crippen LogP contribution is -2.38. The molecule has 0 N–H and O–H groups in total. The minimum absolute atomic E-state index is 0.270. The summed E-state index contributed by atoms with van der Waals surface area (Å²) in [5, 5.41) is 0. The summed E-state index contributed by atoms with van der Waals surface area (Å²) in [4.78, 5) is 2.27. The van der Waals surface area contributed by atoms with Crippen LogP contribution in [0.25, 0.3) is 0 Å². The molecule has 0 aliphatic carbocycles. The molecule has 1 aromatic carbocycles. The Hall–Kier alpha value is -1.13. The summed E-state index contributed by atoms with van der Waals surface area (Å²) in [5.74, 6) is 0.405. The second-order valence-electron chi connectivity index (χ2n) is 5.15. The summed E-state index contributed by atoms with van der Waals surface area (Å²) in [7, 11) is 0. The maximum atomic E-state index is 13.8. The molecule has 1 aromatic rings. The van der Waals surface area contributed by atoms with Crippen molar-refractivity contribution in [1.82, 2.24) is 4.90 Å². The van der Waals surface area contributed by atoms with Crippen molar-refractivity contribution in [2.75, 3.05) is 39.5 Å². The molecular weight excluding hydrogens is 245 g/mol. The molecule has 0 aromatic heterocycles. The van der Waals surface area contributed by atoms with Gasteiger partial charge in [-0.1, -0.05) is 19.9 Å². The highest BCUT2D eigenvalue weighted by molar-refractivity contribution is 5.30. The molecule has 1 aliphatic rings. The predicted molar refractivity (Wildman–Crippen MR) is 73.2 cm³/mol. The highest BCUT2D eigenvalue weighted by atomic mass is 19.1. The minimum Gasteiger partial charge on any atom is -0.489 e. The average molecular weight is 267 g/mol. The summed E-state index contributed by atoms with van der Waals surface area (Å²) < 4.78 is 24.6. The van der Waals surface area contributed by atoms with Gasteiger partial charge in [-0.2, -0.15) is 0 Å². The molecule has 0 saturated carbocycles. The number of rotatable bonds is 5. The van der Waals surface area contributed by atoms with Crippen LogP contribution in [0.2, 0.25) is 0 Å². The molecule has 1 aliphatic heterocycles. The molecule has 3 nitrogen and oxygen atoms in total. The first-order valence-electron chi connectivity index (χ1n) is 6.89. The Morgan fingerprint density at radius 1 is 1.32 bits per heavy atom. The first-order valence-corrected chi connectivity index (χ1v) is 6.89. The Labute approximate surface area is 114 Å². The topological polar surface area (TPSA) is 21.7 Å². The molecule has 4 heteroatoms. The monoisotopic (exact) mass is 267 g/mol. The van der Waals surface area contributed by atoms with E-state index in [-0.39, 0.29) is 5.82 Å². The highest BCUT2D eigenvalue weighted by Gasteiger charge is 2.11. The Bertz CT molecular complexity index is 403. The van der Waals surface area contributed by atoms with Crippen LogP contribution < -0.4 is 4.74 Å². The molecule has 2 rings (SSSR count). The van der Waals surface area contributed by atoms with Gasteiger partial charge in [0.1, 0.15) is 6.61 Å². The third-order valence-electron chi connectivity index (χ3n) is 3.39. The molecule has 0 bridgehead atoms. The van der Waals surface area contributed by atoms with Gasteiger partial charge < -0.3 is 9.47 Å². The molecule has 106 valence electrons. The van der Waals surface area contributed by atoms with E-state index in [1.165, 1.54) is 0 Å². The maximum absolute atomic E-state index is 13.8. The molecule has 1 saturated heterocycles. The van der Waals surface area contributed by atoms with Crippen molar-refractivity contribution in [2.24, 2.45) is 0 Å².